The second-order valence-electron chi connectivity index (χ2n) is 4.96. The maximum Gasteiger partial charge on any atom is 0.306 e. The summed E-state index contributed by atoms with van der Waals surface area (Å²) in [6.45, 7) is 0. The number of carboxylic acid groups (broad SMARTS) is 1. The van der Waals surface area contributed by atoms with Gasteiger partial charge in [-0.25, -0.2) is 0 Å². The first-order valence-electron chi connectivity index (χ1n) is 6.28. The predicted octanol–water partition coefficient (Wildman–Crippen LogP) is 1.86. The summed E-state index contributed by atoms with van der Waals surface area (Å²) in [5.74, 6) is -1.35. The molecule has 0 saturated heterocycles. The molecule has 2 atom stereocenters. The average Bonchev–Trinajstić information content (AvgIpc) is 2.87. The van der Waals surface area contributed by atoms with Gasteiger partial charge in [0.25, 0.3) is 0 Å². The number of phenols is 1. The lowest BCUT2D eigenvalue weighted by Gasteiger charge is -2.21. The number of carboxylic acids is 1. The van der Waals surface area contributed by atoms with Crippen LogP contribution in [0.5, 0.6) is 5.75 Å². The van der Waals surface area contributed by atoms with Crippen molar-refractivity contribution in [3.8, 4) is 5.75 Å². The van der Waals surface area contributed by atoms with E-state index in [4.69, 9.17) is 5.11 Å². The summed E-state index contributed by atoms with van der Waals surface area (Å²) in [6.07, 6.45) is 1.60. The van der Waals surface area contributed by atoms with E-state index in [1.54, 1.807) is 19.2 Å². The third-order valence-electron chi connectivity index (χ3n) is 3.70. The van der Waals surface area contributed by atoms with E-state index in [0.717, 1.165) is 0 Å². The minimum Gasteiger partial charge on any atom is -0.508 e. The quantitative estimate of drug-likeness (QED) is 0.872. The normalized spacial score (nSPS) is 22.2. The summed E-state index contributed by atoms with van der Waals surface area (Å²) in [7, 11) is 1.67. The molecule has 0 heterocycles. The number of rotatable bonds is 3. The first kappa shape index (κ1) is 13.4. The van der Waals surface area contributed by atoms with Crippen molar-refractivity contribution in [1.29, 1.82) is 0 Å². The van der Waals surface area contributed by atoms with Crippen molar-refractivity contribution in [1.82, 2.24) is 0 Å². The Labute approximate surface area is 111 Å². The van der Waals surface area contributed by atoms with E-state index >= 15 is 0 Å². The number of carbonyl (C=O) groups excluding carboxylic acids is 1. The van der Waals surface area contributed by atoms with Crippen molar-refractivity contribution >= 4 is 17.6 Å². The molecule has 1 fully saturated rings. The third kappa shape index (κ3) is 2.86. The first-order chi connectivity index (χ1) is 8.99. The van der Waals surface area contributed by atoms with Crippen molar-refractivity contribution in [2.45, 2.75) is 19.3 Å². The highest BCUT2D eigenvalue weighted by molar-refractivity contribution is 5.95. The summed E-state index contributed by atoms with van der Waals surface area (Å²) >= 11 is 0. The van der Waals surface area contributed by atoms with Crippen LogP contribution in [0.1, 0.15) is 19.3 Å². The van der Waals surface area contributed by atoms with E-state index in [0.29, 0.717) is 24.9 Å². The molecule has 19 heavy (non-hydrogen) atoms. The molecule has 102 valence electrons. The lowest BCUT2D eigenvalue weighted by Crippen LogP contribution is -2.32. The number of carbonyl (C=O) groups is 2. The third-order valence-corrected chi connectivity index (χ3v) is 3.70. The molecule has 2 unspecified atom stereocenters. The summed E-state index contributed by atoms with van der Waals surface area (Å²) in [4.78, 5) is 24.7. The summed E-state index contributed by atoms with van der Waals surface area (Å²) < 4.78 is 0. The summed E-state index contributed by atoms with van der Waals surface area (Å²) in [5.41, 5.74) is 0.696. The number of nitrogens with zero attached hydrogens (tertiary/aromatic N) is 1. The van der Waals surface area contributed by atoms with E-state index in [2.05, 4.69) is 0 Å². The van der Waals surface area contributed by atoms with E-state index in [-0.39, 0.29) is 17.6 Å². The van der Waals surface area contributed by atoms with Crippen LogP contribution in [0, 0.1) is 11.8 Å². The first-order valence-corrected chi connectivity index (χ1v) is 6.28. The van der Waals surface area contributed by atoms with Gasteiger partial charge < -0.3 is 15.1 Å². The zero-order valence-electron chi connectivity index (χ0n) is 10.7. The Morgan fingerprint density at radius 2 is 1.74 bits per heavy atom. The number of hydrogen-bond acceptors (Lipinski definition) is 3. The second-order valence-corrected chi connectivity index (χ2v) is 4.96. The average molecular weight is 263 g/mol. The monoisotopic (exact) mass is 263 g/mol. The molecule has 0 radical (unpaired) electrons. The number of aliphatic carboxylic acids is 1. The molecule has 5 nitrogen and oxygen atoms in total. The van der Waals surface area contributed by atoms with Gasteiger partial charge in [0.1, 0.15) is 5.75 Å². The van der Waals surface area contributed by atoms with Crippen molar-refractivity contribution in [3.05, 3.63) is 24.3 Å². The molecule has 1 aliphatic rings. The molecular formula is C14H17NO4. The van der Waals surface area contributed by atoms with Crippen LogP contribution in [-0.2, 0) is 9.59 Å². The molecule has 2 rings (SSSR count). The van der Waals surface area contributed by atoms with Crippen LogP contribution in [0.4, 0.5) is 5.69 Å². The fraction of sp³-hybridized carbons (Fsp3) is 0.429. The Balaban J connectivity index is 2.04. The number of aromatic hydroxyl groups is 1. The van der Waals surface area contributed by atoms with E-state index in [1.165, 1.54) is 17.0 Å². The van der Waals surface area contributed by atoms with Crippen LogP contribution in [0.3, 0.4) is 0 Å². The van der Waals surface area contributed by atoms with Gasteiger partial charge in [-0.15, -0.1) is 0 Å². The lowest BCUT2D eigenvalue weighted by atomic mass is 10.0. The van der Waals surface area contributed by atoms with Crippen LogP contribution < -0.4 is 4.90 Å². The number of phenolic OH excluding ortho intramolecular Hbond substituents is 1. The van der Waals surface area contributed by atoms with Crippen LogP contribution in [-0.4, -0.2) is 29.1 Å². The number of anilines is 1. The van der Waals surface area contributed by atoms with Gasteiger partial charge >= 0.3 is 5.97 Å². The Morgan fingerprint density at radius 3 is 2.26 bits per heavy atom. The molecule has 0 aliphatic heterocycles. The van der Waals surface area contributed by atoms with Gasteiger partial charge in [0, 0.05) is 18.7 Å². The van der Waals surface area contributed by atoms with Gasteiger partial charge in [-0.3, -0.25) is 9.59 Å². The highest BCUT2D eigenvalue weighted by Gasteiger charge is 2.35. The van der Waals surface area contributed by atoms with Crippen molar-refractivity contribution in [2.24, 2.45) is 11.8 Å². The van der Waals surface area contributed by atoms with E-state index in [9.17, 15) is 14.7 Å². The smallest absolute Gasteiger partial charge is 0.306 e. The molecule has 1 aromatic rings. The van der Waals surface area contributed by atoms with Crippen molar-refractivity contribution in [3.63, 3.8) is 0 Å². The highest BCUT2D eigenvalue weighted by Crippen LogP contribution is 2.33. The lowest BCUT2D eigenvalue weighted by molar-refractivity contribution is -0.141. The zero-order chi connectivity index (χ0) is 14.0. The second kappa shape index (κ2) is 5.30. The van der Waals surface area contributed by atoms with Gasteiger partial charge in [0.15, 0.2) is 0 Å². The molecule has 0 bridgehead atoms. The van der Waals surface area contributed by atoms with Gasteiger partial charge in [0.2, 0.25) is 5.91 Å². The molecule has 1 aromatic carbocycles. The van der Waals surface area contributed by atoms with Crippen LogP contribution in [0.2, 0.25) is 0 Å². The van der Waals surface area contributed by atoms with Crippen molar-refractivity contribution < 1.29 is 19.8 Å². The van der Waals surface area contributed by atoms with Gasteiger partial charge in [0.05, 0.1) is 5.92 Å². The fourth-order valence-electron chi connectivity index (χ4n) is 2.51. The van der Waals surface area contributed by atoms with Crippen LogP contribution in [0.15, 0.2) is 24.3 Å². The minimum absolute atomic E-state index is 0.0607. The Morgan fingerprint density at radius 1 is 1.16 bits per heavy atom. The molecule has 2 N–H and O–H groups in total. The Hall–Kier alpha value is -2.04. The highest BCUT2D eigenvalue weighted by atomic mass is 16.4. The van der Waals surface area contributed by atoms with Crippen LogP contribution in [0.25, 0.3) is 0 Å². The van der Waals surface area contributed by atoms with Gasteiger partial charge in [-0.05, 0) is 43.5 Å². The SMILES string of the molecule is CN(C(=O)C1CCC(C(=O)O)C1)c1ccc(O)cc1. The number of benzene rings is 1. The topological polar surface area (TPSA) is 77.8 Å². The minimum atomic E-state index is -0.817. The summed E-state index contributed by atoms with van der Waals surface area (Å²) in [6, 6.07) is 6.37. The van der Waals surface area contributed by atoms with E-state index < -0.39 is 11.9 Å². The molecule has 1 amide bonds. The molecule has 0 aromatic heterocycles. The predicted molar refractivity (Wildman–Crippen MR) is 70.0 cm³/mol. The largest absolute Gasteiger partial charge is 0.508 e. The molecule has 1 saturated carbocycles. The Kier molecular flexibility index (Phi) is 3.74. The van der Waals surface area contributed by atoms with Gasteiger partial charge in [-0.1, -0.05) is 0 Å². The fourth-order valence-corrected chi connectivity index (χ4v) is 2.51. The molecule has 0 spiro atoms. The maximum atomic E-state index is 12.3. The number of hydrogen-bond donors (Lipinski definition) is 2. The standard InChI is InChI=1S/C14H17NO4/c1-15(11-4-6-12(16)7-5-11)13(17)9-2-3-10(8-9)14(18)19/h4-7,9-10,16H,2-3,8H2,1H3,(H,18,19). The number of amides is 1. The molecular weight excluding hydrogens is 246 g/mol. The van der Waals surface area contributed by atoms with Gasteiger partial charge in [-0.2, -0.15) is 0 Å². The molecule has 1 aliphatic carbocycles. The van der Waals surface area contributed by atoms with Crippen LogP contribution >= 0.6 is 0 Å². The van der Waals surface area contributed by atoms with Crippen molar-refractivity contribution in [2.75, 3.05) is 11.9 Å². The maximum absolute atomic E-state index is 12.3. The Bertz CT molecular complexity index is 483. The zero-order valence-corrected chi connectivity index (χ0v) is 10.7. The van der Waals surface area contributed by atoms with E-state index in [1.807, 2.05) is 0 Å². The molecule has 5 heteroatoms. The summed E-state index contributed by atoms with van der Waals surface area (Å²) in [5, 5.41) is 18.2.